The zero-order chi connectivity index (χ0) is 22.9. The monoisotopic (exact) mass is 447 g/mol. The summed E-state index contributed by atoms with van der Waals surface area (Å²) in [6.07, 6.45) is 8.55. The first-order valence-electron chi connectivity index (χ1n) is 11.0. The molecule has 0 saturated heterocycles. The summed E-state index contributed by atoms with van der Waals surface area (Å²) in [5.74, 6) is 1.90. The molecule has 0 bridgehead atoms. The second kappa shape index (κ2) is 8.65. The van der Waals surface area contributed by atoms with Crippen molar-refractivity contribution in [3.05, 3.63) is 65.3 Å². The van der Waals surface area contributed by atoms with Gasteiger partial charge in [0.1, 0.15) is 17.3 Å². The molecule has 3 aromatic heterocycles. The van der Waals surface area contributed by atoms with Crippen molar-refractivity contribution in [1.82, 2.24) is 19.9 Å². The van der Waals surface area contributed by atoms with Crippen molar-refractivity contribution in [3.63, 3.8) is 0 Å². The van der Waals surface area contributed by atoms with E-state index >= 15 is 0 Å². The molecule has 1 aliphatic carbocycles. The van der Waals surface area contributed by atoms with E-state index in [2.05, 4.69) is 20.3 Å². The molecule has 9 heteroatoms. The van der Waals surface area contributed by atoms with Crippen molar-refractivity contribution in [2.24, 2.45) is 5.92 Å². The minimum atomic E-state index is -0.286. The van der Waals surface area contributed by atoms with E-state index in [0.29, 0.717) is 35.2 Å². The summed E-state index contributed by atoms with van der Waals surface area (Å²) < 4.78 is 11.0. The van der Waals surface area contributed by atoms with E-state index in [0.717, 1.165) is 23.6 Å². The predicted molar refractivity (Wildman–Crippen MR) is 119 cm³/mol. The van der Waals surface area contributed by atoms with Gasteiger partial charge in [0.2, 0.25) is 5.91 Å². The summed E-state index contributed by atoms with van der Waals surface area (Å²) in [6.45, 7) is 5.01. The van der Waals surface area contributed by atoms with Gasteiger partial charge >= 0.3 is 0 Å². The summed E-state index contributed by atoms with van der Waals surface area (Å²) in [6, 6.07) is 3.41. The number of pyridine rings is 2. The maximum Gasteiger partial charge on any atom is 0.255 e. The van der Waals surface area contributed by atoms with Crippen LogP contribution in [-0.2, 0) is 17.8 Å². The molecule has 1 N–H and O–H groups in total. The van der Waals surface area contributed by atoms with Gasteiger partial charge in [0.15, 0.2) is 6.39 Å². The van der Waals surface area contributed by atoms with Crippen LogP contribution in [0, 0.1) is 12.8 Å². The van der Waals surface area contributed by atoms with E-state index in [1.165, 1.54) is 31.6 Å². The highest BCUT2D eigenvalue weighted by Gasteiger charge is 2.34. The molecular weight excluding hydrogens is 422 g/mol. The molecule has 1 aliphatic heterocycles. The quantitative estimate of drug-likeness (QED) is 0.563. The number of oxazole rings is 1. The number of anilines is 1. The van der Waals surface area contributed by atoms with Crippen LogP contribution in [-0.4, -0.2) is 38.3 Å². The van der Waals surface area contributed by atoms with Crippen molar-refractivity contribution in [1.29, 1.82) is 0 Å². The molecule has 1 atom stereocenters. The Morgan fingerprint density at radius 3 is 2.91 bits per heavy atom. The fraction of sp³-hybridized carbons (Fsp3) is 0.375. The Morgan fingerprint density at radius 2 is 2.18 bits per heavy atom. The van der Waals surface area contributed by atoms with Crippen LogP contribution in [0.25, 0.3) is 0 Å². The van der Waals surface area contributed by atoms with Gasteiger partial charge in [0.05, 0.1) is 43.7 Å². The van der Waals surface area contributed by atoms with Crippen molar-refractivity contribution in [3.8, 4) is 5.75 Å². The van der Waals surface area contributed by atoms with E-state index in [1.54, 1.807) is 17.2 Å². The maximum atomic E-state index is 13.2. The number of fused-ring (bicyclic) bond motifs is 1. The molecular formula is C24H25N5O4. The van der Waals surface area contributed by atoms with E-state index in [9.17, 15) is 9.59 Å². The number of carbonyl (C=O) groups is 2. The lowest BCUT2D eigenvalue weighted by atomic mass is 10.1. The van der Waals surface area contributed by atoms with Gasteiger partial charge in [0, 0.05) is 17.3 Å². The van der Waals surface area contributed by atoms with Crippen LogP contribution in [0.15, 0.2) is 41.5 Å². The van der Waals surface area contributed by atoms with Gasteiger partial charge in [-0.2, -0.15) is 0 Å². The van der Waals surface area contributed by atoms with Crippen molar-refractivity contribution >= 4 is 17.6 Å². The molecule has 5 rings (SSSR count). The molecule has 0 radical (unpaired) electrons. The number of rotatable bonds is 8. The second-order valence-corrected chi connectivity index (χ2v) is 8.62. The molecule has 1 saturated carbocycles. The Labute approximate surface area is 191 Å². The highest BCUT2D eigenvalue weighted by molar-refractivity contribution is 6.01. The molecule has 4 heterocycles. The topological polar surface area (TPSA) is 110 Å². The van der Waals surface area contributed by atoms with Crippen LogP contribution in [0.4, 0.5) is 5.82 Å². The smallest absolute Gasteiger partial charge is 0.255 e. The third-order valence-corrected chi connectivity index (χ3v) is 6.10. The number of ether oxygens (including phenoxy) is 1. The largest absolute Gasteiger partial charge is 0.491 e. The lowest BCUT2D eigenvalue weighted by Crippen LogP contribution is -2.28. The first-order chi connectivity index (χ1) is 16.0. The first-order valence-corrected chi connectivity index (χ1v) is 11.0. The SMILES string of the molecule is Cc1cc(C(C)N2Cc3c(ccnc3NC(=O)Cc3cnco3)C2=O)ncc1OCC1CC1. The molecule has 0 aromatic carbocycles. The van der Waals surface area contributed by atoms with Gasteiger partial charge in [-0.15, -0.1) is 0 Å². The van der Waals surface area contributed by atoms with Crippen LogP contribution < -0.4 is 10.1 Å². The van der Waals surface area contributed by atoms with Gasteiger partial charge in [-0.05, 0) is 50.3 Å². The number of amides is 2. The Bertz CT molecular complexity index is 1190. The Morgan fingerprint density at radius 1 is 1.33 bits per heavy atom. The molecule has 3 aromatic rings. The van der Waals surface area contributed by atoms with E-state index < -0.39 is 0 Å². The molecule has 0 spiro atoms. The normalized spacial score (nSPS) is 15.9. The molecule has 9 nitrogen and oxygen atoms in total. The molecule has 170 valence electrons. The third-order valence-electron chi connectivity index (χ3n) is 6.10. The highest BCUT2D eigenvalue weighted by atomic mass is 16.5. The number of aromatic nitrogens is 3. The summed E-state index contributed by atoms with van der Waals surface area (Å²) >= 11 is 0. The first kappa shape index (κ1) is 21.1. The standard InChI is InChI=1S/C24H25N5O4/c1-14-7-20(27-10-21(14)32-12-16-3-4-16)15(2)29-11-19-18(24(29)31)5-6-26-23(19)28-22(30)8-17-9-25-13-33-17/h5-7,9-10,13,15-16H,3-4,8,11-12H2,1-2H3,(H,26,28,30). The highest BCUT2D eigenvalue weighted by Crippen LogP contribution is 2.35. The zero-order valence-electron chi connectivity index (χ0n) is 18.6. The van der Waals surface area contributed by atoms with Crippen LogP contribution in [0.3, 0.4) is 0 Å². The van der Waals surface area contributed by atoms with Gasteiger partial charge in [-0.1, -0.05) is 0 Å². The van der Waals surface area contributed by atoms with Gasteiger partial charge in [-0.25, -0.2) is 9.97 Å². The number of aryl methyl sites for hydroxylation is 1. The second-order valence-electron chi connectivity index (χ2n) is 8.62. The Kier molecular flexibility index (Phi) is 5.53. The van der Waals surface area contributed by atoms with Crippen LogP contribution in [0.1, 0.15) is 58.7 Å². The number of carbonyl (C=O) groups excluding carboxylic acids is 2. The lowest BCUT2D eigenvalue weighted by molar-refractivity contribution is -0.115. The Hall–Kier alpha value is -3.75. The Balaban J connectivity index is 1.30. The molecule has 33 heavy (non-hydrogen) atoms. The fourth-order valence-electron chi connectivity index (χ4n) is 3.93. The fourth-order valence-corrected chi connectivity index (χ4v) is 3.93. The molecule has 2 aliphatic rings. The summed E-state index contributed by atoms with van der Waals surface area (Å²) in [5.41, 5.74) is 3.02. The number of nitrogens with zero attached hydrogens (tertiary/aromatic N) is 4. The zero-order valence-corrected chi connectivity index (χ0v) is 18.6. The lowest BCUT2D eigenvalue weighted by Gasteiger charge is -2.24. The van der Waals surface area contributed by atoms with Crippen LogP contribution in [0.2, 0.25) is 0 Å². The minimum absolute atomic E-state index is 0.0395. The molecule has 1 fully saturated rings. The number of hydrogen-bond donors (Lipinski definition) is 1. The van der Waals surface area contributed by atoms with E-state index in [-0.39, 0.29) is 24.3 Å². The number of nitrogens with one attached hydrogen (secondary N) is 1. The minimum Gasteiger partial charge on any atom is -0.491 e. The van der Waals surface area contributed by atoms with E-state index in [4.69, 9.17) is 9.15 Å². The summed E-state index contributed by atoms with van der Waals surface area (Å²) in [4.78, 5) is 40.0. The van der Waals surface area contributed by atoms with Gasteiger partial charge in [-0.3, -0.25) is 14.6 Å². The predicted octanol–water partition coefficient (Wildman–Crippen LogP) is 3.46. The van der Waals surface area contributed by atoms with Crippen molar-refractivity contribution in [2.45, 2.75) is 45.7 Å². The third kappa shape index (κ3) is 4.44. The average Bonchev–Trinajstić information content (AvgIpc) is 3.38. The van der Waals surface area contributed by atoms with Gasteiger partial charge in [0.25, 0.3) is 5.91 Å². The van der Waals surface area contributed by atoms with Crippen LogP contribution in [0.5, 0.6) is 5.75 Å². The maximum absolute atomic E-state index is 13.2. The van der Waals surface area contributed by atoms with Crippen molar-refractivity contribution in [2.75, 3.05) is 11.9 Å². The van der Waals surface area contributed by atoms with Crippen molar-refractivity contribution < 1.29 is 18.7 Å². The number of hydrogen-bond acceptors (Lipinski definition) is 7. The van der Waals surface area contributed by atoms with Crippen LogP contribution >= 0.6 is 0 Å². The van der Waals surface area contributed by atoms with Gasteiger partial charge < -0.3 is 19.4 Å². The average molecular weight is 447 g/mol. The summed E-state index contributed by atoms with van der Waals surface area (Å²) in [7, 11) is 0. The summed E-state index contributed by atoms with van der Waals surface area (Å²) in [5, 5.41) is 2.80. The molecule has 1 unspecified atom stereocenters. The molecule has 2 amide bonds. The van der Waals surface area contributed by atoms with E-state index in [1.807, 2.05) is 19.9 Å².